The van der Waals surface area contributed by atoms with E-state index in [1.165, 1.54) is 0 Å². The number of carbonyl (C=O) groups is 3. The van der Waals surface area contributed by atoms with Crippen LogP contribution in [0, 0.1) is 26.7 Å². The fourth-order valence-electron chi connectivity index (χ4n) is 2.83. The van der Waals surface area contributed by atoms with E-state index >= 15 is 0 Å². The van der Waals surface area contributed by atoms with E-state index in [0.717, 1.165) is 22.6 Å². The third-order valence-electron chi connectivity index (χ3n) is 4.53. The van der Waals surface area contributed by atoms with Gasteiger partial charge in [0.1, 0.15) is 0 Å². The summed E-state index contributed by atoms with van der Waals surface area (Å²) in [6, 6.07) is 5.58. The van der Waals surface area contributed by atoms with Gasteiger partial charge >= 0.3 is 0 Å². The molecule has 28 heavy (non-hydrogen) atoms. The van der Waals surface area contributed by atoms with E-state index in [1.54, 1.807) is 11.1 Å². The molecule has 0 radical (unpaired) electrons. The molecule has 0 saturated carbocycles. The number of pyridine rings is 1. The molecule has 2 amide bonds. The van der Waals surface area contributed by atoms with Crippen LogP contribution in [0.15, 0.2) is 24.4 Å². The van der Waals surface area contributed by atoms with Crippen LogP contribution in [-0.4, -0.2) is 49.8 Å². The van der Waals surface area contributed by atoms with Crippen molar-refractivity contribution in [3.8, 4) is 0 Å². The van der Waals surface area contributed by atoms with Gasteiger partial charge in [-0.05, 0) is 38.5 Å². The zero-order valence-electron chi connectivity index (χ0n) is 16.0. The molecule has 1 atom stereocenters. The van der Waals surface area contributed by atoms with Crippen LogP contribution in [-0.2, 0) is 20.9 Å². The maximum atomic E-state index is 12.5. The number of carbonyl (C=O) groups excluding carboxylic acids is 2. The van der Waals surface area contributed by atoms with Crippen molar-refractivity contribution in [1.29, 1.82) is 0 Å². The number of aryl methyl sites for hydroxylation is 2. The maximum Gasteiger partial charge on any atom is 0.290 e. The molecule has 1 unspecified atom stereocenters. The monoisotopic (exact) mass is 385 g/mol. The third-order valence-corrected chi connectivity index (χ3v) is 4.53. The van der Waals surface area contributed by atoms with Crippen LogP contribution in [0.4, 0.5) is 5.95 Å². The minimum atomic E-state index is -0.401. The second kappa shape index (κ2) is 9.54. The number of hydrogen-bond acceptors (Lipinski definition) is 6. The molecule has 1 aliphatic rings. The summed E-state index contributed by atoms with van der Waals surface area (Å²) in [6.07, 6.45) is 1.89. The first-order valence-corrected chi connectivity index (χ1v) is 8.74. The van der Waals surface area contributed by atoms with Gasteiger partial charge < -0.3 is 10.0 Å². The van der Waals surface area contributed by atoms with Crippen molar-refractivity contribution < 1.29 is 19.5 Å². The molecule has 9 nitrogen and oxygen atoms in total. The van der Waals surface area contributed by atoms with Gasteiger partial charge in [0.15, 0.2) is 0 Å². The lowest BCUT2D eigenvalue weighted by Gasteiger charge is -2.16. The first-order valence-electron chi connectivity index (χ1n) is 8.74. The molecule has 0 aliphatic carbocycles. The van der Waals surface area contributed by atoms with Crippen LogP contribution in [0.1, 0.15) is 29.1 Å². The topological polar surface area (TPSA) is 125 Å². The minimum Gasteiger partial charge on any atom is -0.483 e. The van der Waals surface area contributed by atoms with E-state index in [4.69, 9.17) is 9.90 Å². The zero-order valence-corrected chi connectivity index (χ0v) is 16.0. The Balaban J connectivity index is 0.000000878. The second-order valence-corrected chi connectivity index (χ2v) is 6.43. The number of anilines is 1. The number of likely N-dealkylation sites (tertiary alicyclic amines) is 1. The smallest absolute Gasteiger partial charge is 0.290 e. The molecule has 0 spiro atoms. The summed E-state index contributed by atoms with van der Waals surface area (Å²) in [5.74, 6) is -0.370. The van der Waals surface area contributed by atoms with E-state index in [1.807, 2.05) is 39.0 Å². The van der Waals surface area contributed by atoms with Gasteiger partial charge in [-0.15, -0.1) is 0 Å². The molecule has 1 aliphatic heterocycles. The average Bonchev–Trinajstić information content (AvgIpc) is 3.02. The van der Waals surface area contributed by atoms with Crippen molar-refractivity contribution in [1.82, 2.24) is 19.9 Å². The maximum absolute atomic E-state index is 12.5. The van der Waals surface area contributed by atoms with Crippen LogP contribution in [0.2, 0.25) is 0 Å². The number of nitrogens with one attached hydrogen (secondary N) is 1. The Morgan fingerprint density at radius 2 is 1.93 bits per heavy atom. The van der Waals surface area contributed by atoms with E-state index in [0.29, 0.717) is 19.0 Å². The second-order valence-electron chi connectivity index (χ2n) is 6.43. The molecule has 0 bridgehead atoms. The Labute approximate surface area is 162 Å². The van der Waals surface area contributed by atoms with Crippen LogP contribution >= 0.6 is 0 Å². The van der Waals surface area contributed by atoms with Crippen molar-refractivity contribution in [3.05, 3.63) is 47.0 Å². The zero-order chi connectivity index (χ0) is 20.7. The SMILES string of the molecule is Cc1nc(NC(=O)C2CC(=O)N(Cc3ccccn3)C2)nc(C)c1C.O=CO. The summed E-state index contributed by atoms with van der Waals surface area (Å²) < 4.78 is 0. The van der Waals surface area contributed by atoms with Crippen LogP contribution in [0.5, 0.6) is 0 Å². The van der Waals surface area contributed by atoms with Gasteiger partial charge in [0, 0.05) is 30.6 Å². The Hall–Kier alpha value is -3.36. The largest absolute Gasteiger partial charge is 0.483 e. The van der Waals surface area contributed by atoms with Crippen molar-refractivity contribution in [2.75, 3.05) is 11.9 Å². The molecule has 2 aromatic rings. The number of rotatable bonds is 4. The highest BCUT2D eigenvalue weighted by Gasteiger charge is 2.34. The van der Waals surface area contributed by atoms with Crippen molar-refractivity contribution in [2.45, 2.75) is 33.7 Å². The van der Waals surface area contributed by atoms with Gasteiger partial charge in [0.05, 0.1) is 18.2 Å². The van der Waals surface area contributed by atoms with Crippen LogP contribution in [0.3, 0.4) is 0 Å². The van der Waals surface area contributed by atoms with E-state index in [-0.39, 0.29) is 24.7 Å². The lowest BCUT2D eigenvalue weighted by Crippen LogP contribution is -2.28. The number of aromatic nitrogens is 3. The lowest BCUT2D eigenvalue weighted by atomic mass is 10.1. The van der Waals surface area contributed by atoms with Gasteiger partial charge in [0.2, 0.25) is 17.8 Å². The highest BCUT2D eigenvalue weighted by atomic mass is 16.3. The molecule has 0 aromatic carbocycles. The fourth-order valence-corrected chi connectivity index (χ4v) is 2.83. The lowest BCUT2D eigenvalue weighted by molar-refractivity contribution is -0.128. The van der Waals surface area contributed by atoms with Gasteiger partial charge in [-0.25, -0.2) is 9.97 Å². The molecule has 3 heterocycles. The first-order chi connectivity index (χ1) is 13.3. The van der Waals surface area contributed by atoms with Gasteiger partial charge in [-0.3, -0.25) is 24.7 Å². The van der Waals surface area contributed by atoms with E-state index in [2.05, 4.69) is 20.3 Å². The number of amides is 2. The Kier molecular flexibility index (Phi) is 7.14. The standard InChI is InChI=1S/C18H21N5O2.CH2O2/c1-11-12(2)20-18(21-13(11)3)22-17(25)14-8-16(24)23(9-14)10-15-6-4-5-7-19-15;2-1-3/h4-7,14H,8-10H2,1-3H3,(H,20,21,22,25);1H,(H,2,3). The Morgan fingerprint density at radius 3 is 2.50 bits per heavy atom. The van der Waals surface area contributed by atoms with Gasteiger partial charge in [-0.2, -0.15) is 0 Å². The normalized spacial score (nSPS) is 15.6. The predicted octanol–water partition coefficient (Wildman–Crippen LogP) is 1.48. The molecule has 3 rings (SSSR count). The summed E-state index contributed by atoms with van der Waals surface area (Å²) in [7, 11) is 0. The molecular formula is C19H23N5O4. The predicted molar refractivity (Wildman–Crippen MR) is 101 cm³/mol. The highest BCUT2D eigenvalue weighted by Crippen LogP contribution is 2.21. The summed E-state index contributed by atoms with van der Waals surface area (Å²) in [4.78, 5) is 47.5. The van der Waals surface area contributed by atoms with Gasteiger partial charge in [-0.1, -0.05) is 6.07 Å². The summed E-state index contributed by atoms with van der Waals surface area (Å²) in [6.45, 7) is 6.26. The minimum absolute atomic E-state index is 0.0389. The molecule has 9 heteroatoms. The summed E-state index contributed by atoms with van der Waals surface area (Å²) in [5, 5.41) is 9.63. The molecular weight excluding hydrogens is 362 g/mol. The van der Waals surface area contributed by atoms with Crippen molar-refractivity contribution >= 4 is 24.2 Å². The Bertz CT molecular complexity index is 834. The summed E-state index contributed by atoms with van der Waals surface area (Å²) >= 11 is 0. The van der Waals surface area contributed by atoms with Crippen molar-refractivity contribution in [2.24, 2.45) is 5.92 Å². The van der Waals surface area contributed by atoms with E-state index in [9.17, 15) is 9.59 Å². The first kappa shape index (κ1) is 20.9. The molecule has 148 valence electrons. The molecule has 2 aromatic heterocycles. The molecule has 1 saturated heterocycles. The fraction of sp³-hybridized carbons (Fsp3) is 0.368. The van der Waals surface area contributed by atoms with Gasteiger partial charge in [0.25, 0.3) is 6.47 Å². The number of carboxylic acid groups (broad SMARTS) is 1. The number of hydrogen-bond donors (Lipinski definition) is 2. The van der Waals surface area contributed by atoms with Crippen LogP contribution < -0.4 is 5.32 Å². The average molecular weight is 385 g/mol. The molecule has 2 N–H and O–H groups in total. The number of nitrogens with zero attached hydrogens (tertiary/aromatic N) is 4. The Morgan fingerprint density at radius 1 is 1.29 bits per heavy atom. The van der Waals surface area contributed by atoms with E-state index < -0.39 is 5.92 Å². The summed E-state index contributed by atoms with van der Waals surface area (Å²) in [5.41, 5.74) is 3.49. The van der Waals surface area contributed by atoms with Crippen molar-refractivity contribution in [3.63, 3.8) is 0 Å². The van der Waals surface area contributed by atoms with Crippen LogP contribution in [0.25, 0.3) is 0 Å². The quantitative estimate of drug-likeness (QED) is 0.764. The highest BCUT2D eigenvalue weighted by molar-refractivity contribution is 5.96. The molecule has 1 fully saturated rings. The third kappa shape index (κ3) is 5.32.